The van der Waals surface area contributed by atoms with Crippen molar-refractivity contribution in [3.8, 4) is 11.3 Å². The van der Waals surface area contributed by atoms with Crippen LogP contribution in [0.2, 0.25) is 0 Å². The molecule has 0 saturated carbocycles. The Morgan fingerprint density at radius 2 is 2.05 bits per heavy atom. The molecule has 0 aliphatic carbocycles. The van der Waals surface area contributed by atoms with Gasteiger partial charge in [0.05, 0.1) is 11.4 Å². The van der Waals surface area contributed by atoms with Crippen molar-refractivity contribution in [2.24, 2.45) is 5.73 Å². The number of rotatable bonds is 2. The number of nitrogens with zero attached hydrogens (tertiary/aromatic N) is 2. The largest absolute Gasteiger partial charge is 0.325 e. The first-order valence-corrected chi connectivity index (χ1v) is 6.55. The number of halogens is 1. The van der Waals surface area contributed by atoms with Gasteiger partial charge in [-0.25, -0.2) is 9.37 Å². The SMILES string of the molecule is Cc1ccc(-c2nc3c(F)cccn3c2CN)c(C)c1. The van der Waals surface area contributed by atoms with Crippen LogP contribution < -0.4 is 5.73 Å². The van der Waals surface area contributed by atoms with E-state index in [2.05, 4.69) is 11.1 Å². The molecule has 0 atom stereocenters. The molecule has 102 valence electrons. The average Bonchev–Trinajstić information content (AvgIpc) is 2.78. The van der Waals surface area contributed by atoms with E-state index < -0.39 is 0 Å². The molecule has 0 aliphatic heterocycles. The monoisotopic (exact) mass is 269 g/mol. The summed E-state index contributed by atoms with van der Waals surface area (Å²) in [5.74, 6) is -0.335. The molecule has 0 saturated heterocycles. The molecular weight excluding hydrogens is 253 g/mol. The highest BCUT2D eigenvalue weighted by Crippen LogP contribution is 2.28. The van der Waals surface area contributed by atoms with E-state index in [1.807, 2.05) is 26.0 Å². The van der Waals surface area contributed by atoms with Crippen LogP contribution in [-0.4, -0.2) is 9.38 Å². The molecule has 20 heavy (non-hydrogen) atoms. The molecule has 3 aromatic rings. The van der Waals surface area contributed by atoms with Gasteiger partial charge in [0, 0.05) is 18.3 Å². The van der Waals surface area contributed by atoms with Gasteiger partial charge in [0.2, 0.25) is 0 Å². The number of hydrogen-bond donors (Lipinski definition) is 1. The molecule has 0 aliphatic rings. The molecule has 0 fully saturated rings. The van der Waals surface area contributed by atoms with Crippen molar-refractivity contribution in [2.75, 3.05) is 0 Å². The van der Waals surface area contributed by atoms with Crippen LogP contribution in [0.3, 0.4) is 0 Å². The Balaban J connectivity index is 2.33. The van der Waals surface area contributed by atoms with Gasteiger partial charge in [0.1, 0.15) is 0 Å². The fourth-order valence-corrected chi connectivity index (χ4v) is 2.57. The fraction of sp³-hybridized carbons (Fsp3) is 0.188. The van der Waals surface area contributed by atoms with Crippen molar-refractivity contribution in [1.29, 1.82) is 0 Å². The van der Waals surface area contributed by atoms with E-state index in [0.717, 1.165) is 22.5 Å². The van der Waals surface area contributed by atoms with Crippen LogP contribution in [0, 0.1) is 19.7 Å². The molecule has 0 spiro atoms. The minimum Gasteiger partial charge on any atom is -0.325 e. The van der Waals surface area contributed by atoms with Gasteiger partial charge >= 0.3 is 0 Å². The third kappa shape index (κ3) is 1.89. The maximum atomic E-state index is 13.9. The van der Waals surface area contributed by atoms with E-state index in [1.54, 1.807) is 16.7 Å². The third-order valence-corrected chi connectivity index (χ3v) is 3.53. The number of benzene rings is 1. The predicted molar refractivity (Wildman–Crippen MR) is 78.0 cm³/mol. The maximum Gasteiger partial charge on any atom is 0.174 e. The summed E-state index contributed by atoms with van der Waals surface area (Å²) in [6.07, 6.45) is 1.79. The van der Waals surface area contributed by atoms with E-state index >= 15 is 0 Å². The minimum atomic E-state index is -0.335. The molecule has 2 aromatic heterocycles. The second kappa shape index (κ2) is 4.72. The Bertz CT molecular complexity index is 790. The molecule has 0 unspecified atom stereocenters. The Labute approximate surface area is 116 Å². The summed E-state index contributed by atoms with van der Waals surface area (Å²) < 4.78 is 15.6. The lowest BCUT2D eigenvalue weighted by Crippen LogP contribution is -2.03. The number of imidazole rings is 1. The topological polar surface area (TPSA) is 43.3 Å². The van der Waals surface area contributed by atoms with Gasteiger partial charge < -0.3 is 5.73 Å². The van der Waals surface area contributed by atoms with Crippen molar-refractivity contribution in [2.45, 2.75) is 20.4 Å². The van der Waals surface area contributed by atoms with Crippen LogP contribution in [0.1, 0.15) is 16.8 Å². The zero-order valence-corrected chi connectivity index (χ0v) is 11.5. The van der Waals surface area contributed by atoms with Gasteiger partial charge in [0.15, 0.2) is 11.5 Å². The number of aromatic nitrogens is 2. The Kier molecular flexibility index (Phi) is 3.03. The van der Waals surface area contributed by atoms with Crippen molar-refractivity contribution >= 4 is 5.65 Å². The van der Waals surface area contributed by atoms with Crippen LogP contribution in [0.15, 0.2) is 36.5 Å². The quantitative estimate of drug-likeness (QED) is 0.776. The van der Waals surface area contributed by atoms with Crippen molar-refractivity contribution in [3.63, 3.8) is 0 Å². The molecule has 4 heteroatoms. The highest BCUT2D eigenvalue weighted by molar-refractivity contribution is 5.70. The molecule has 0 amide bonds. The van der Waals surface area contributed by atoms with Gasteiger partial charge in [-0.1, -0.05) is 23.8 Å². The highest BCUT2D eigenvalue weighted by atomic mass is 19.1. The van der Waals surface area contributed by atoms with E-state index in [-0.39, 0.29) is 5.82 Å². The molecule has 1 aromatic carbocycles. The fourth-order valence-electron chi connectivity index (χ4n) is 2.57. The van der Waals surface area contributed by atoms with Crippen LogP contribution in [-0.2, 0) is 6.54 Å². The number of fused-ring (bicyclic) bond motifs is 1. The van der Waals surface area contributed by atoms with Gasteiger partial charge in [-0.2, -0.15) is 0 Å². The van der Waals surface area contributed by atoms with Gasteiger partial charge in [-0.15, -0.1) is 0 Å². The van der Waals surface area contributed by atoms with Crippen molar-refractivity contribution in [1.82, 2.24) is 9.38 Å². The third-order valence-electron chi connectivity index (χ3n) is 3.53. The smallest absolute Gasteiger partial charge is 0.174 e. The number of nitrogens with two attached hydrogens (primary N) is 1. The molecule has 2 N–H and O–H groups in total. The van der Waals surface area contributed by atoms with Crippen LogP contribution in [0.4, 0.5) is 4.39 Å². The molecule has 3 rings (SSSR count). The first-order valence-electron chi connectivity index (χ1n) is 6.55. The van der Waals surface area contributed by atoms with Gasteiger partial charge in [-0.3, -0.25) is 4.40 Å². The van der Waals surface area contributed by atoms with Gasteiger partial charge in [0.25, 0.3) is 0 Å². The summed E-state index contributed by atoms with van der Waals surface area (Å²) in [5.41, 5.74) is 11.1. The summed E-state index contributed by atoms with van der Waals surface area (Å²) >= 11 is 0. The normalized spacial score (nSPS) is 11.2. The molecule has 0 bridgehead atoms. The van der Waals surface area contributed by atoms with E-state index in [9.17, 15) is 4.39 Å². The predicted octanol–water partition coefficient (Wildman–Crippen LogP) is 3.22. The first kappa shape index (κ1) is 12.8. The molecular formula is C16H16FN3. The molecule has 3 nitrogen and oxygen atoms in total. The van der Waals surface area contributed by atoms with E-state index in [0.29, 0.717) is 12.2 Å². The standard InChI is InChI=1S/C16H16FN3/c1-10-5-6-12(11(2)8-10)15-14(9-18)20-7-3-4-13(17)16(20)19-15/h3-8H,9,18H2,1-2H3. The van der Waals surface area contributed by atoms with Crippen LogP contribution in [0.5, 0.6) is 0 Å². The molecule has 2 heterocycles. The summed E-state index contributed by atoms with van der Waals surface area (Å²) in [7, 11) is 0. The van der Waals surface area contributed by atoms with Gasteiger partial charge in [-0.05, 0) is 31.5 Å². The Hall–Kier alpha value is -2.20. The first-order chi connectivity index (χ1) is 9.61. The highest BCUT2D eigenvalue weighted by Gasteiger charge is 2.16. The lowest BCUT2D eigenvalue weighted by Gasteiger charge is -2.06. The van der Waals surface area contributed by atoms with E-state index in [4.69, 9.17) is 5.73 Å². The average molecular weight is 269 g/mol. The zero-order valence-electron chi connectivity index (χ0n) is 11.5. The molecule has 0 radical (unpaired) electrons. The Morgan fingerprint density at radius 1 is 1.25 bits per heavy atom. The number of aryl methyl sites for hydroxylation is 2. The maximum absolute atomic E-state index is 13.9. The second-order valence-electron chi connectivity index (χ2n) is 4.98. The second-order valence-corrected chi connectivity index (χ2v) is 4.98. The summed E-state index contributed by atoms with van der Waals surface area (Å²) in [5, 5.41) is 0. The van der Waals surface area contributed by atoms with E-state index in [1.165, 1.54) is 11.6 Å². The Morgan fingerprint density at radius 3 is 2.75 bits per heavy atom. The summed E-state index contributed by atoms with van der Waals surface area (Å²) in [6.45, 7) is 4.39. The van der Waals surface area contributed by atoms with Crippen LogP contribution in [0.25, 0.3) is 16.9 Å². The van der Waals surface area contributed by atoms with Crippen LogP contribution >= 0.6 is 0 Å². The number of pyridine rings is 1. The summed E-state index contributed by atoms with van der Waals surface area (Å²) in [4.78, 5) is 4.45. The zero-order chi connectivity index (χ0) is 14.3. The number of hydrogen-bond acceptors (Lipinski definition) is 2. The lowest BCUT2D eigenvalue weighted by atomic mass is 10.0. The lowest BCUT2D eigenvalue weighted by molar-refractivity contribution is 0.629. The van der Waals surface area contributed by atoms with Crippen molar-refractivity contribution in [3.05, 3.63) is 59.2 Å². The van der Waals surface area contributed by atoms with Crippen molar-refractivity contribution < 1.29 is 4.39 Å². The minimum absolute atomic E-state index is 0.313. The summed E-state index contributed by atoms with van der Waals surface area (Å²) in [6, 6.07) is 9.21.